The normalized spacial score (nSPS) is 37.1. The lowest BCUT2D eigenvalue weighted by atomic mass is 9.53. The predicted molar refractivity (Wildman–Crippen MR) is 133 cm³/mol. The molecule has 0 N–H and O–H groups in total. The van der Waals surface area contributed by atoms with Gasteiger partial charge in [0.15, 0.2) is 0 Å². The van der Waals surface area contributed by atoms with Gasteiger partial charge in [-0.3, -0.25) is 0 Å². The summed E-state index contributed by atoms with van der Waals surface area (Å²) < 4.78 is 5.45. The summed E-state index contributed by atoms with van der Waals surface area (Å²) in [6.45, 7) is 21.4. The summed E-state index contributed by atoms with van der Waals surface area (Å²) in [6, 6.07) is 0. The molecule has 1 nitrogen and oxygen atoms in total. The molecular weight excluding hydrogens is 364 g/mol. The van der Waals surface area contributed by atoms with Gasteiger partial charge in [0.1, 0.15) is 0 Å². The second kappa shape index (κ2) is 10.7. The van der Waals surface area contributed by atoms with Crippen LogP contribution in [0, 0.1) is 45.8 Å². The van der Waals surface area contributed by atoms with Crippen molar-refractivity contribution >= 4 is 0 Å². The first-order valence-corrected chi connectivity index (χ1v) is 13.6. The Kier molecular flexibility index (Phi) is 9.37. The maximum absolute atomic E-state index is 5.45. The minimum Gasteiger partial charge on any atom is -0.385 e. The summed E-state index contributed by atoms with van der Waals surface area (Å²) in [5.74, 6) is 4.28. The standard InChI is InChI=1S/C29H56O/c1-10-17-29(8)25(22(3)16-20-30-9)15-19-28(29,7)23(4)21-24(11-2)26-14-12-13-18-27(26,5)6/h22-26H,10-21H2,1-9H3/t22-,23?,24+,25?,26?,28?,29?/m1/s1. The van der Waals surface area contributed by atoms with Gasteiger partial charge in [0.25, 0.3) is 0 Å². The van der Waals surface area contributed by atoms with Crippen molar-refractivity contribution in [2.45, 2.75) is 126 Å². The number of hydrogen-bond donors (Lipinski definition) is 0. The maximum Gasteiger partial charge on any atom is 0.0464 e. The molecule has 2 saturated carbocycles. The SMILES string of the molecule is CCCC1(C)C([C@H](C)CCOC)CCC1(C)C(C)C[C@H](CC)C1CCCCC1(C)C. The third kappa shape index (κ3) is 5.13. The van der Waals surface area contributed by atoms with Crippen LogP contribution in [0.5, 0.6) is 0 Å². The van der Waals surface area contributed by atoms with E-state index in [1.165, 1.54) is 70.6 Å². The monoisotopic (exact) mass is 420 g/mol. The highest BCUT2D eigenvalue weighted by Gasteiger charge is 2.57. The van der Waals surface area contributed by atoms with E-state index in [4.69, 9.17) is 4.74 Å². The zero-order chi connectivity index (χ0) is 22.6. The molecule has 5 unspecified atom stereocenters. The lowest BCUT2D eigenvalue weighted by Gasteiger charge is -2.52. The highest BCUT2D eigenvalue weighted by molar-refractivity contribution is 5.06. The molecule has 0 aromatic carbocycles. The van der Waals surface area contributed by atoms with Gasteiger partial charge in [-0.15, -0.1) is 0 Å². The van der Waals surface area contributed by atoms with E-state index in [2.05, 4.69) is 55.4 Å². The van der Waals surface area contributed by atoms with Gasteiger partial charge in [-0.25, -0.2) is 0 Å². The van der Waals surface area contributed by atoms with Crippen LogP contribution in [0.3, 0.4) is 0 Å². The Hall–Kier alpha value is -0.0400. The van der Waals surface area contributed by atoms with E-state index in [-0.39, 0.29) is 0 Å². The Labute approximate surface area is 190 Å². The molecule has 7 atom stereocenters. The van der Waals surface area contributed by atoms with Crippen LogP contribution in [-0.4, -0.2) is 13.7 Å². The van der Waals surface area contributed by atoms with E-state index in [1.807, 2.05) is 7.11 Å². The minimum absolute atomic E-state index is 0.467. The van der Waals surface area contributed by atoms with Crippen LogP contribution >= 0.6 is 0 Å². The lowest BCUT2D eigenvalue weighted by Crippen LogP contribution is -2.44. The van der Waals surface area contributed by atoms with Crippen molar-refractivity contribution in [1.82, 2.24) is 0 Å². The average Bonchev–Trinajstić information content (AvgIpc) is 2.96. The van der Waals surface area contributed by atoms with Gasteiger partial charge in [-0.1, -0.05) is 81.1 Å². The summed E-state index contributed by atoms with van der Waals surface area (Å²) in [7, 11) is 1.86. The molecule has 0 radical (unpaired) electrons. The number of methoxy groups -OCH3 is 1. The fraction of sp³-hybridized carbons (Fsp3) is 1.00. The van der Waals surface area contributed by atoms with Crippen LogP contribution in [0.4, 0.5) is 0 Å². The van der Waals surface area contributed by atoms with Crippen LogP contribution in [-0.2, 0) is 4.74 Å². The summed E-state index contributed by atoms with van der Waals surface area (Å²) >= 11 is 0. The van der Waals surface area contributed by atoms with Crippen molar-refractivity contribution in [3.05, 3.63) is 0 Å². The Morgan fingerprint density at radius 3 is 2.20 bits per heavy atom. The first kappa shape index (κ1) is 26.2. The molecule has 178 valence electrons. The zero-order valence-electron chi connectivity index (χ0n) is 22.3. The van der Waals surface area contributed by atoms with Crippen LogP contribution in [0.1, 0.15) is 126 Å². The fourth-order valence-electron chi connectivity index (χ4n) is 8.42. The van der Waals surface area contributed by atoms with Crippen molar-refractivity contribution in [2.75, 3.05) is 13.7 Å². The third-order valence-electron chi connectivity index (χ3n) is 10.8. The molecule has 1 heteroatoms. The molecule has 0 heterocycles. The Bertz CT molecular complexity index is 510. The third-order valence-corrected chi connectivity index (χ3v) is 10.8. The van der Waals surface area contributed by atoms with Crippen molar-refractivity contribution < 1.29 is 4.74 Å². The molecule has 0 amide bonds. The molecule has 2 rings (SSSR count). The van der Waals surface area contributed by atoms with E-state index in [0.717, 1.165) is 36.2 Å². The molecule has 0 aliphatic heterocycles. The van der Waals surface area contributed by atoms with Crippen molar-refractivity contribution in [2.24, 2.45) is 45.8 Å². The van der Waals surface area contributed by atoms with Gasteiger partial charge < -0.3 is 4.74 Å². The molecule has 0 aromatic heterocycles. The average molecular weight is 421 g/mol. The first-order valence-electron chi connectivity index (χ1n) is 13.6. The predicted octanol–water partition coefficient (Wildman–Crippen LogP) is 9.15. The Morgan fingerprint density at radius 1 is 0.933 bits per heavy atom. The molecule has 2 aliphatic rings. The molecule has 2 aliphatic carbocycles. The van der Waals surface area contributed by atoms with E-state index in [9.17, 15) is 0 Å². The summed E-state index contributed by atoms with van der Waals surface area (Å²) in [6.07, 6.45) is 15.4. The van der Waals surface area contributed by atoms with Gasteiger partial charge in [0.2, 0.25) is 0 Å². The van der Waals surface area contributed by atoms with Gasteiger partial charge in [0, 0.05) is 13.7 Å². The molecule has 0 bridgehead atoms. The second-order valence-electron chi connectivity index (χ2n) is 12.6. The number of ether oxygens (including phenoxy) is 1. The lowest BCUT2D eigenvalue weighted by molar-refractivity contribution is -0.0303. The van der Waals surface area contributed by atoms with Crippen molar-refractivity contribution in [3.63, 3.8) is 0 Å². The Balaban J connectivity index is 2.21. The van der Waals surface area contributed by atoms with E-state index in [1.54, 1.807) is 0 Å². The number of rotatable bonds is 11. The van der Waals surface area contributed by atoms with Crippen molar-refractivity contribution in [1.29, 1.82) is 0 Å². The van der Waals surface area contributed by atoms with Crippen LogP contribution < -0.4 is 0 Å². The quantitative estimate of drug-likeness (QED) is 0.324. The van der Waals surface area contributed by atoms with E-state index in [0.29, 0.717) is 16.2 Å². The molecule has 30 heavy (non-hydrogen) atoms. The fourth-order valence-corrected chi connectivity index (χ4v) is 8.42. The van der Waals surface area contributed by atoms with E-state index >= 15 is 0 Å². The van der Waals surface area contributed by atoms with Gasteiger partial charge in [0.05, 0.1) is 0 Å². The van der Waals surface area contributed by atoms with Crippen molar-refractivity contribution in [3.8, 4) is 0 Å². The summed E-state index contributed by atoms with van der Waals surface area (Å²) in [5.41, 5.74) is 1.48. The zero-order valence-corrected chi connectivity index (χ0v) is 22.3. The highest BCUT2D eigenvalue weighted by atomic mass is 16.5. The molecule has 0 aromatic rings. The highest BCUT2D eigenvalue weighted by Crippen LogP contribution is 2.65. The van der Waals surface area contributed by atoms with Crippen LogP contribution in [0.25, 0.3) is 0 Å². The van der Waals surface area contributed by atoms with Crippen LogP contribution in [0.2, 0.25) is 0 Å². The Morgan fingerprint density at radius 2 is 1.63 bits per heavy atom. The molecule has 0 saturated heterocycles. The maximum atomic E-state index is 5.45. The summed E-state index contributed by atoms with van der Waals surface area (Å²) in [5, 5.41) is 0. The topological polar surface area (TPSA) is 9.23 Å². The van der Waals surface area contributed by atoms with Crippen LogP contribution in [0.15, 0.2) is 0 Å². The molecule has 0 spiro atoms. The number of hydrogen-bond acceptors (Lipinski definition) is 1. The van der Waals surface area contributed by atoms with E-state index < -0.39 is 0 Å². The largest absolute Gasteiger partial charge is 0.385 e. The van der Waals surface area contributed by atoms with Gasteiger partial charge in [-0.05, 0) is 90.8 Å². The van der Waals surface area contributed by atoms with Gasteiger partial charge >= 0.3 is 0 Å². The summed E-state index contributed by atoms with van der Waals surface area (Å²) in [4.78, 5) is 0. The minimum atomic E-state index is 0.467. The van der Waals surface area contributed by atoms with Gasteiger partial charge in [-0.2, -0.15) is 0 Å². The first-order chi connectivity index (χ1) is 14.1. The smallest absolute Gasteiger partial charge is 0.0464 e. The molecular formula is C29H56O. The molecule has 2 fully saturated rings. The second-order valence-corrected chi connectivity index (χ2v) is 12.6.